The molecule has 0 heterocycles. The van der Waals surface area contributed by atoms with Gasteiger partial charge in [0.05, 0.1) is 0 Å². The Morgan fingerprint density at radius 3 is 1.69 bits per heavy atom. The average molecular weight is 184 g/mol. The van der Waals surface area contributed by atoms with Crippen LogP contribution in [0.5, 0.6) is 0 Å². The average Bonchev–Trinajstić information content (AvgIpc) is 2.27. The molecule has 0 spiro atoms. The normalized spacial score (nSPS) is 21.5. The first-order chi connectivity index (χ1) is 6.11. The fourth-order valence-corrected chi connectivity index (χ4v) is 0.994. The van der Waals surface area contributed by atoms with Gasteiger partial charge in [-0.05, 0) is 18.6 Å². The van der Waals surface area contributed by atoms with Gasteiger partial charge in [0.15, 0.2) is 0 Å². The molecule has 6 nitrogen and oxygen atoms in total. The van der Waals surface area contributed by atoms with Crippen LogP contribution in [0.4, 0.5) is 0 Å². The van der Waals surface area contributed by atoms with Crippen molar-refractivity contribution in [1.29, 1.82) is 0 Å². The molecule has 0 aromatic heterocycles. The molecule has 6 heteroatoms. The van der Waals surface area contributed by atoms with E-state index >= 15 is 0 Å². The van der Waals surface area contributed by atoms with Crippen molar-refractivity contribution in [2.45, 2.75) is 6.42 Å². The van der Waals surface area contributed by atoms with Crippen molar-refractivity contribution in [3.05, 3.63) is 46.1 Å². The third kappa shape index (κ3) is 2.74. The largest absolute Gasteiger partial charge is 0.608 e. The van der Waals surface area contributed by atoms with Crippen LogP contribution in [0.2, 0.25) is 0 Å². The molecule has 0 fully saturated rings. The first-order valence-electron chi connectivity index (χ1n) is 3.79. The number of hydroxylamine groups is 2. The standard InChI is InChI=1S/C7H12N4O2/c8-10(12)6-2-1-3-7(5-4-6)11(9)13/h2-5,10-11H,1,8-9H2. The molecule has 72 valence electrons. The van der Waals surface area contributed by atoms with E-state index in [1.165, 1.54) is 12.2 Å². The second kappa shape index (κ2) is 4.28. The lowest BCUT2D eigenvalue weighted by atomic mass is 10.3. The van der Waals surface area contributed by atoms with E-state index < -0.39 is 10.3 Å². The van der Waals surface area contributed by atoms with E-state index in [1.807, 2.05) is 0 Å². The van der Waals surface area contributed by atoms with Crippen molar-refractivity contribution in [2.75, 3.05) is 0 Å². The minimum absolute atomic E-state index is 0.396. The Hall–Kier alpha value is -1.02. The zero-order chi connectivity index (χ0) is 9.84. The molecule has 0 saturated carbocycles. The Kier molecular flexibility index (Phi) is 3.32. The van der Waals surface area contributed by atoms with Gasteiger partial charge < -0.3 is 10.4 Å². The topological polar surface area (TPSA) is 107 Å². The zero-order valence-corrected chi connectivity index (χ0v) is 6.99. The zero-order valence-electron chi connectivity index (χ0n) is 6.99. The molecule has 1 aliphatic carbocycles. The quantitative estimate of drug-likeness (QED) is 0.275. The summed E-state index contributed by atoms with van der Waals surface area (Å²) in [5.41, 5.74) is 0.792. The summed E-state index contributed by atoms with van der Waals surface area (Å²) in [6.07, 6.45) is 6.77. The Balaban J connectivity index is 2.75. The van der Waals surface area contributed by atoms with Gasteiger partial charge in [0.1, 0.15) is 11.4 Å². The van der Waals surface area contributed by atoms with Gasteiger partial charge in [-0.25, -0.2) is 0 Å². The lowest BCUT2D eigenvalue weighted by Gasteiger charge is -2.15. The fourth-order valence-electron chi connectivity index (χ4n) is 0.994. The number of nitrogens with two attached hydrogens (primary N) is 2. The molecule has 0 aromatic rings. The number of rotatable bonds is 2. The fraction of sp³-hybridized carbons (Fsp3) is 0.143. The van der Waals surface area contributed by atoms with Crippen molar-refractivity contribution in [3.63, 3.8) is 0 Å². The molecular formula is C7H12N4O2. The number of hydrogen-bond acceptors (Lipinski definition) is 4. The highest BCUT2D eigenvalue weighted by Crippen LogP contribution is 2.01. The summed E-state index contributed by atoms with van der Waals surface area (Å²) in [6, 6.07) is 0. The summed E-state index contributed by atoms with van der Waals surface area (Å²) in [6.45, 7) is 0. The van der Waals surface area contributed by atoms with E-state index in [-0.39, 0.29) is 0 Å². The molecule has 13 heavy (non-hydrogen) atoms. The van der Waals surface area contributed by atoms with Crippen molar-refractivity contribution < 1.29 is 10.3 Å². The second-order valence-corrected chi connectivity index (χ2v) is 2.62. The number of hydrogen-bond donors (Lipinski definition) is 4. The Morgan fingerprint density at radius 2 is 1.38 bits per heavy atom. The molecule has 1 aliphatic rings. The highest BCUT2D eigenvalue weighted by Gasteiger charge is 2.05. The van der Waals surface area contributed by atoms with Gasteiger partial charge in [0.25, 0.3) is 0 Å². The smallest absolute Gasteiger partial charge is 0.146 e. The summed E-state index contributed by atoms with van der Waals surface area (Å²) < 4.78 is 0. The molecular weight excluding hydrogens is 172 g/mol. The van der Waals surface area contributed by atoms with E-state index in [0.29, 0.717) is 17.8 Å². The molecule has 0 radical (unpaired) electrons. The van der Waals surface area contributed by atoms with Crippen LogP contribution in [0.15, 0.2) is 35.7 Å². The maximum absolute atomic E-state index is 10.7. The van der Waals surface area contributed by atoms with Gasteiger partial charge in [0, 0.05) is 12.2 Å². The number of quaternary nitrogens is 2. The minimum atomic E-state index is -0.504. The van der Waals surface area contributed by atoms with Gasteiger partial charge in [0.2, 0.25) is 0 Å². The van der Waals surface area contributed by atoms with Crippen molar-refractivity contribution in [3.8, 4) is 0 Å². The van der Waals surface area contributed by atoms with Crippen LogP contribution in [0.1, 0.15) is 6.42 Å². The van der Waals surface area contributed by atoms with Gasteiger partial charge in [-0.2, -0.15) is 11.7 Å². The van der Waals surface area contributed by atoms with Crippen LogP contribution < -0.4 is 22.0 Å². The van der Waals surface area contributed by atoms with Gasteiger partial charge >= 0.3 is 0 Å². The van der Waals surface area contributed by atoms with Crippen LogP contribution in [0.25, 0.3) is 0 Å². The lowest BCUT2D eigenvalue weighted by molar-refractivity contribution is -0.817. The molecule has 2 atom stereocenters. The van der Waals surface area contributed by atoms with Crippen LogP contribution >= 0.6 is 0 Å². The maximum Gasteiger partial charge on any atom is 0.146 e. The van der Waals surface area contributed by atoms with Crippen molar-refractivity contribution in [1.82, 2.24) is 0 Å². The van der Waals surface area contributed by atoms with Crippen LogP contribution in [-0.2, 0) is 0 Å². The van der Waals surface area contributed by atoms with Gasteiger partial charge in [-0.3, -0.25) is 10.3 Å². The van der Waals surface area contributed by atoms with E-state index in [4.69, 9.17) is 11.7 Å². The van der Waals surface area contributed by atoms with E-state index in [9.17, 15) is 10.4 Å². The molecule has 2 unspecified atom stereocenters. The molecule has 0 amide bonds. The molecule has 0 bridgehead atoms. The SMILES string of the molecule is N[NH+]([O-])C1=CCC=C([NH+](N)[O-])C=C1. The van der Waals surface area contributed by atoms with Crippen LogP contribution in [-0.4, -0.2) is 0 Å². The van der Waals surface area contributed by atoms with Crippen LogP contribution in [0.3, 0.4) is 0 Å². The van der Waals surface area contributed by atoms with Crippen molar-refractivity contribution >= 4 is 0 Å². The Bertz CT molecular complexity index is 242. The summed E-state index contributed by atoms with van der Waals surface area (Å²) in [7, 11) is 0. The monoisotopic (exact) mass is 184 g/mol. The summed E-state index contributed by atoms with van der Waals surface area (Å²) in [5, 5.41) is 20.5. The molecule has 6 N–H and O–H groups in total. The minimum Gasteiger partial charge on any atom is -0.608 e. The first kappa shape index (κ1) is 10.1. The highest BCUT2D eigenvalue weighted by atomic mass is 16.5. The molecule has 0 aliphatic heterocycles. The van der Waals surface area contributed by atoms with Gasteiger partial charge in [-0.15, -0.1) is 0 Å². The predicted molar refractivity (Wildman–Crippen MR) is 47.0 cm³/mol. The van der Waals surface area contributed by atoms with Gasteiger partial charge in [-0.1, -0.05) is 0 Å². The molecule has 0 saturated heterocycles. The van der Waals surface area contributed by atoms with E-state index in [0.717, 1.165) is 0 Å². The second-order valence-electron chi connectivity index (χ2n) is 2.62. The van der Waals surface area contributed by atoms with Crippen LogP contribution in [0, 0.1) is 10.4 Å². The number of nitrogens with one attached hydrogen (secondary N) is 2. The third-order valence-electron chi connectivity index (χ3n) is 1.69. The highest BCUT2D eigenvalue weighted by molar-refractivity contribution is 5.24. The van der Waals surface area contributed by atoms with E-state index in [1.54, 1.807) is 12.2 Å². The lowest BCUT2D eigenvalue weighted by Crippen LogP contribution is -3.11. The summed E-state index contributed by atoms with van der Waals surface area (Å²) in [5.74, 6) is 10.1. The van der Waals surface area contributed by atoms with Crippen molar-refractivity contribution in [2.24, 2.45) is 11.7 Å². The Labute approximate surface area is 75.5 Å². The Morgan fingerprint density at radius 1 is 1.00 bits per heavy atom. The predicted octanol–water partition coefficient (Wildman–Crippen LogP) is -2.77. The first-order valence-corrected chi connectivity index (χ1v) is 3.79. The maximum atomic E-state index is 10.7. The summed E-state index contributed by atoms with van der Waals surface area (Å²) in [4.78, 5) is 0. The van der Waals surface area contributed by atoms with E-state index in [2.05, 4.69) is 0 Å². The molecule has 1 rings (SSSR count). The third-order valence-corrected chi connectivity index (χ3v) is 1.69. The summed E-state index contributed by atoms with van der Waals surface area (Å²) >= 11 is 0. The number of allylic oxidation sites excluding steroid dienone is 4. The molecule has 0 aromatic carbocycles.